The topological polar surface area (TPSA) is 159 Å². The number of piperidine rings is 2. The Balaban J connectivity index is 0.000000181. The lowest BCUT2D eigenvalue weighted by atomic mass is 10.00. The van der Waals surface area contributed by atoms with Gasteiger partial charge >= 0.3 is 12.2 Å². The summed E-state index contributed by atoms with van der Waals surface area (Å²) >= 11 is 0. The smallest absolute Gasteiger partial charge is 0.409 e. The lowest BCUT2D eigenvalue weighted by Gasteiger charge is -2.30. The van der Waals surface area contributed by atoms with Gasteiger partial charge in [0.05, 0.1) is 0 Å². The van der Waals surface area contributed by atoms with Crippen molar-refractivity contribution in [1.82, 2.24) is 9.80 Å². The van der Waals surface area contributed by atoms with Gasteiger partial charge in [-0.2, -0.15) is 0 Å². The van der Waals surface area contributed by atoms with E-state index in [1.165, 1.54) is 0 Å². The minimum absolute atomic E-state index is 0.113. The predicted molar refractivity (Wildman–Crippen MR) is 160 cm³/mol. The quantitative estimate of drug-likeness (QED) is 0.443. The molecule has 6 fully saturated rings. The molecule has 264 valence electrons. The van der Waals surface area contributed by atoms with Gasteiger partial charge in [0.1, 0.15) is 49.8 Å². The molecule has 0 radical (unpaired) electrons. The molecule has 0 aromatic rings. The van der Waals surface area contributed by atoms with Crippen LogP contribution in [0.25, 0.3) is 0 Å². The number of methoxy groups -OCH3 is 2. The van der Waals surface area contributed by atoms with Crippen LogP contribution in [-0.4, -0.2) is 142 Å². The van der Waals surface area contributed by atoms with Crippen molar-refractivity contribution in [1.29, 1.82) is 0 Å². The summed E-state index contributed by atoms with van der Waals surface area (Å²) in [6.07, 6.45) is 0.0393. The van der Waals surface area contributed by atoms with Crippen molar-refractivity contribution in [2.24, 2.45) is 11.7 Å². The second-order valence-electron chi connectivity index (χ2n) is 13.8. The van der Waals surface area contributed by atoms with Crippen LogP contribution in [0, 0.1) is 5.92 Å². The Morgan fingerprint density at radius 1 is 0.674 bits per heavy atom. The van der Waals surface area contributed by atoms with E-state index < -0.39 is 30.3 Å². The molecule has 15 nitrogen and oxygen atoms in total. The van der Waals surface area contributed by atoms with Crippen LogP contribution in [0.15, 0.2) is 0 Å². The summed E-state index contributed by atoms with van der Waals surface area (Å²) in [5.41, 5.74) is 5.84. The SMILES string of the molecule is CO[C@@H]1O[C@H](COC(=O)N2CCC(C)CC2)[C@H]2OC(C)(C)O[C@@H]12.CO[C@@H]1O[C@H](COC(=O)N2CCC(N)CC2)[C@H]2OC(C)(C)O[C@@H]12. The van der Waals surface area contributed by atoms with E-state index in [1.807, 2.05) is 27.7 Å². The van der Waals surface area contributed by atoms with Gasteiger partial charge in [0.15, 0.2) is 24.2 Å². The molecule has 2 amide bonds. The number of ether oxygens (including phenoxy) is 10. The fraction of sp³-hybridized carbons (Fsp3) is 0.935. The first-order valence-electron chi connectivity index (χ1n) is 16.5. The average Bonchev–Trinajstić information content (AvgIpc) is 3.71. The summed E-state index contributed by atoms with van der Waals surface area (Å²) in [7, 11) is 3.13. The molecule has 8 atom stereocenters. The van der Waals surface area contributed by atoms with E-state index in [2.05, 4.69) is 6.92 Å². The number of rotatable bonds is 6. The molecular weight excluding hydrogens is 606 g/mol. The van der Waals surface area contributed by atoms with Gasteiger partial charge < -0.3 is 62.9 Å². The molecule has 0 saturated carbocycles. The minimum atomic E-state index is -0.693. The lowest BCUT2D eigenvalue weighted by molar-refractivity contribution is -0.230. The monoisotopic (exact) mass is 659 g/mol. The van der Waals surface area contributed by atoms with Gasteiger partial charge in [-0.3, -0.25) is 0 Å². The number of carbonyl (C=O) groups excluding carboxylic acids is 2. The third-order valence-corrected chi connectivity index (χ3v) is 9.26. The molecule has 0 spiro atoms. The number of nitrogens with zero attached hydrogens (tertiary/aromatic N) is 2. The van der Waals surface area contributed by atoms with Gasteiger partial charge in [-0.1, -0.05) is 6.92 Å². The Kier molecular flexibility index (Phi) is 11.4. The highest BCUT2D eigenvalue weighted by atomic mass is 16.8. The third kappa shape index (κ3) is 8.42. The fourth-order valence-corrected chi connectivity index (χ4v) is 6.69. The standard InChI is InChI=1S/C16H27NO6.C15H26N2O6/c1-10-5-7-17(8-6-10)15(18)20-9-11-12-13(14(19-4)21-11)23-16(2,3)22-12;1-15(2)22-11-10(21-13(19-3)12(11)23-15)8-20-14(18)17-6-4-9(16)5-7-17/h10-14H,5-9H2,1-4H3;9-13H,4-8,16H2,1-3H3/t11-,12-,13-,14-;10-,11-,12-,13-/m11/s1. The highest BCUT2D eigenvalue weighted by Gasteiger charge is 2.57. The van der Waals surface area contributed by atoms with Crippen molar-refractivity contribution < 1.29 is 57.0 Å². The van der Waals surface area contributed by atoms with E-state index in [4.69, 9.17) is 53.1 Å². The first kappa shape index (κ1) is 35.5. The number of nitrogens with two attached hydrogens (primary N) is 1. The zero-order valence-corrected chi connectivity index (χ0v) is 28.2. The highest BCUT2D eigenvalue weighted by Crippen LogP contribution is 2.40. The minimum Gasteiger partial charge on any atom is -0.447 e. The Labute approximate surface area is 271 Å². The van der Waals surface area contributed by atoms with Crippen LogP contribution < -0.4 is 5.73 Å². The van der Waals surface area contributed by atoms with Crippen LogP contribution in [0.4, 0.5) is 9.59 Å². The Hall–Kier alpha value is -1.82. The van der Waals surface area contributed by atoms with Gasteiger partial charge in [-0.05, 0) is 59.3 Å². The molecule has 46 heavy (non-hydrogen) atoms. The Morgan fingerprint density at radius 2 is 1.04 bits per heavy atom. The maximum atomic E-state index is 12.2. The van der Waals surface area contributed by atoms with Crippen LogP contribution >= 0.6 is 0 Å². The van der Waals surface area contributed by atoms with Crippen LogP contribution in [0.3, 0.4) is 0 Å². The van der Waals surface area contributed by atoms with E-state index in [0.29, 0.717) is 19.0 Å². The zero-order valence-electron chi connectivity index (χ0n) is 28.2. The number of amides is 2. The molecule has 0 bridgehead atoms. The summed E-state index contributed by atoms with van der Waals surface area (Å²) in [5.74, 6) is -0.700. The van der Waals surface area contributed by atoms with Gasteiger partial charge in [-0.15, -0.1) is 0 Å². The first-order valence-corrected chi connectivity index (χ1v) is 16.5. The maximum Gasteiger partial charge on any atom is 0.409 e. The van der Waals surface area contributed by atoms with Gasteiger partial charge in [0.25, 0.3) is 0 Å². The van der Waals surface area contributed by atoms with Crippen LogP contribution in [0.5, 0.6) is 0 Å². The van der Waals surface area contributed by atoms with Crippen LogP contribution in [0.2, 0.25) is 0 Å². The van der Waals surface area contributed by atoms with Gasteiger partial charge in [-0.25, -0.2) is 9.59 Å². The molecule has 6 rings (SSSR count). The fourth-order valence-electron chi connectivity index (χ4n) is 6.69. The third-order valence-electron chi connectivity index (χ3n) is 9.26. The molecule has 0 unspecified atom stereocenters. The van der Waals surface area contributed by atoms with Crippen molar-refractivity contribution in [2.75, 3.05) is 53.6 Å². The summed E-state index contributed by atoms with van der Waals surface area (Å²) in [6.45, 7) is 12.6. The normalized spacial score (nSPS) is 37.0. The number of likely N-dealkylation sites (tertiary alicyclic amines) is 2. The molecular formula is C31H53N3O12. The van der Waals surface area contributed by atoms with Crippen LogP contribution in [-0.2, 0) is 47.4 Å². The molecule has 6 saturated heterocycles. The maximum absolute atomic E-state index is 12.2. The predicted octanol–water partition coefficient (Wildman–Crippen LogP) is 2.18. The first-order chi connectivity index (χ1) is 21.8. The lowest BCUT2D eigenvalue weighted by Crippen LogP contribution is -2.44. The molecule has 6 heterocycles. The van der Waals surface area contributed by atoms with E-state index >= 15 is 0 Å². The Morgan fingerprint density at radius 3 is 1.43 bits per heavy atom. The number of hydrogen-bond donors (Lipinski definition) is 1. The summed E-state index contributed by atoms with van der Waals surface area (Å²) in [5, 5.41) is 0. The molecule has 15 heteroatoms. The summed E-state index contributed by atoms with van der Waals surface area (Å²) < 4.78 is 56.3. The van der Waals surface area contributed by atoms with E-state index in [1.54, 1.807) is 24.0 Å². The molecule has 0 aromatic carbocycles. The average molecular weight is 660 g/mol. The number of carbonyl (C=O) groups is 2. The van der Waals surface area contributed by atoms with E-state index in [0.717, 1.165) is 38.8 Å². The molecule has 2 N–H and O–H groups in total. The second-order valence-corrected chi connectivity index (χ2v) is 13.8. The number of hydrogen-bond acceptors (Lipinski definition) is 13. The summed E-state index contributed by atoms with van der Waals surface area (Å²) in [6, 6.07) is 0.173. The number of fused-ring (bicyclic) bond motifs is 2. The van der Waals surface area contributed by atoms with Gasteiger partial charge in [0.2, 0.25) is 0 Å². The van der Waals surface area contributed by atoms with Crippen molar-refractivity contribution in [3.63, 3.8) is 0 Å². The Bertz CT molecular complexity index is 952. The van der Waals surface area contributed by atoms with Crippen molar-refractivity contribution in [3.05, 3.63) is 0 Å². The highest BCUT2D eigenvalue weighted by molar-refractivity contribution is 5.68. The molecule has 6 aliphatic rings. The van der Waals surface area contributed by atoms with Crippen molar-refractivity contribution >= 4 is 12.2 Å². The van der Waals surface area contributed by atoms with Crippen LogP contribution in [0.1, 0.15) is 60.3 Å². The zero-order chi connectivity index (χ0) is 33.2. The molecule has 6 aliphatic heterocycles. The van der Waals surface area contributed by atoms with Crippen molar-refractivity contribution in [2.45, 2.75) is 127 Å². The largest absolute Gasteiger partial charge is 0.447 e. The molecule has 0 aromatic heterocycles. The second kappa shape index (κ2) is 14.7. The van der Waals surface area contributed by atoms with Crippen molar-refractivity contribution in [3.8, 4) is 0 Å². The summed E-state index contributed by atoms with van der Waals surface area (Å²) in [4.78, 5) is 27.8. The molecule has 0 aliphatic carbocycles. The van der Waals surface area contributed by atoms with E-state index in [-0.39, 0.29) is 62.0 Å². The van der Waals surface area contributed by atoms with Gasteiger partial charge in [0, 0.05) is 46.4 Å². The van der Waals surface area contributed by atoms with E-state index in [9.17, 15) is 9.59 Å².